The van der Waals surface area contributed by atoms with Gasteiger partial charge in [-0.15, -0.1) is 0 Å². The number of likely N-dealkylation sites (tertiary alicyclic amines) is 1. The van der Waals surface area contributed by atoms with Crippen LogP contribution in [0.5, 0.6) is 5.88 Å². The summed E-state index contributed by atoms with van der Waals surface area (Å²) in [6, 6.07) is 7.00. The highest BCUT2D eigenvalue weighted by atomic mass is 16.5. The molecule has 1 aliphatic rings. The molecule has 20 heavy (non-hydrogen) atoms. The second-order valence-corrected chi connectivity index (χ2v) is 5.81. The van der Waals surface area contributed by atoms with Gasteiger partial charge < -0.3 is 4.74 Å². The van der Waals surface area contributed by atoms with Crippen LogP contribution < -0.4 is 4.74 Å². The summed E-state index contributed by atoms with van der Waals surface area (Å²) in [6.07, 6.45) is 5.92. The van der Waals surface area contributed by atoms with Gasteiger partial charge in [-0.2, -0.15) is 0 Å². The number of hydrogen-bond acceptors (Lipinski definition) is 3. The number of aromatic nitrogens is 2. The van der Waals surface area contributed by atoms with Crippen LogP contribution in [0.25, 0.3) is 5.65 Å². The maximum atomic E-state index is 5.41. The minimum Gasteiger partial charge on any atom is -0.482 e. The molecular weight excluding hydrogens is 250 g/mol. The second-order valence-electron chi connectivity index (χ2n) is 5.81. The van der Waals surface area contributed by atoms with Crippen LogP contribution in [0.2, 0.25) is 0 Å². The Hall–Kier alpha value is -1.55. The zero-order chi connectivity index (χ0) is 14.1. The molecule has 0 spiro atoms. The van der Waals surface area contributed by atoms with E-state index in [0.29, 0.717) is 12.1 Å². The highest BCUT2D eigenvalue weighted by molar-refractivity contribution is 5.44. The molecule has 2 aromatic rings. The predicted molar refractivity (Wildman–Crippen MR) is 80.2 cm³/mol. The minimum atomic E-state index is 0.438. The molecule has 0 bridgehead atoms. The summed E-state index contributed by atoms with van der Waals surface area (Å²) in [6.45, 7) is 5.72. The average Bonchev–Trinajstić information content (AvgIpc) is 2.90. The van der Waals surface area contributed by atoms with Crippen LogP contribution in [0.4, 0.5) is 0 Å². The number of ether oxygens (including phenoxy) is 1. The number of rotatable bonds is 3. The van der Waals surface area contributed by atoms with Gasteiger partial charge >= 0.3 is 0 Å². The van der Waals surface area contributed by atoms with Crippen molar-refractivity contribution in [3.05, 3.63) is 30.1 Å². The Morgan fingerprint density at radius 1 is 1.30 bits per heavy atom. The molecule has 0 saturated carbocycles. The maximum Gasteiger partial charge on any atom is 0.198 e. The average molecular weight is 273 g/mol. The summed E-state index contributed by atoms with van der Waals surface area (Å²) < 4.78 is 7.46. The number of pyridine rings is 1. The summed E-state index contributed by atoms with van der Waals surface area (Å²) in [5, 5.41) is 0. The fraction of sp³-hybridized carbons (Fsp3) is 0.562. The van der Waals surface area contributed by atoms with Gasteiger partial charge in [-0.05, 0) is 45.4 Å². The fourth-order valence-corrected chi connectivity index (χ4v) is 3.22. The number of imidazole rings is 1. The van der Waals surface area contributed by atoms with Gasteiger partial charge in [0.1, 0.15) is 5.65 Å². The number of fused-ring (bicyclic) bond motifs is 1. The zero-order valence-corrected chi connectivity index (χ0v) is 12.5. The molecule has 3 rings (SSSR count). The first-order valence-electron chi connectivity index (χ1n) is 7.48. The Balaban J connectivity index is 2.00. The molecule has 1 unspecified atom stereocenters. The van der Waals surface area contributed by atoms with E-state index in [1.54, 1.807) is 7.11 Å². The van der Waals surface area contributed by atoms with E-state index in [-0.39, 0.29) is 0 Å². The number of nitrogens with zero attached hydrogens (tertiary/aromatic N) is 3. The fourth-order valence-electron chi connectivity index (χ4n) is 3.22. The Bertz CT molecular complexity index is 590. The number of piperidine rings is 1. The van der Waals surface area contributed by atoms with Crippen molar-refractivity contribution in [2.45, 2.75) is 45.2 Å². The van der Waals surface area contributed by atoms with E-state index in [2.05, 4.69) is 24.9 Å². The monoisotopic (exact) mass is 273 g/mol. The summed E-state index contributed by atoms with van der Waals surface area (Å²) in [4.78, 5) is 7.39. The molecule has 0 aromatic carbocycles. The molecule has 1 aliphatic heterocycles. The lowest BCUT2D eigenvalue weighted by Gasteiger charge is -2.37. The first-order valence-corrected chi connectivity index (χ1v) is 7.48. The van der Waals surface area contributed by atoms with Crippen molar-refractivity contribution in [1.29, 1.82) is 0 Å². The SMILES string of the molecule is COc1cccc2nc(C3CCCCN3C(C)C)cn12. The Kier molecular flexibility index (Phi) is 3.66. The zero-order valence-electron chi connectivity index (χ0n) is 12.5. The molecular formula is C16H23N3O. The molecule has 0 radical (unpaired) electrons. The van der Waals surface area contributed by atoms with Crippen molar-refractivity contribution in [3.8, 4) is 5.88 Å². The van der Waals surface area contributed by atoms with Crippen molar-refractivity contribution in [2.24, 2.45) is 0 Å². The molecule has 4 nitrogen and oxygen atoms in total. The van der Waals surface area contributed by atoms with Gasteiger partial charge in [0.25, 0.3) is 0 Å². The van der Waals surface area contributed by atoms with Crippen molar-refractivity contribution < 1.29 is 4.74 Å². The van der Waals surface area contributed by atoms with Crippen LogP contribution in [0, 0.1) is 0 Å². The van der Waals surface area contributed by atoms with Gasteiger partial charge in [0.05, 0.1) is 18.8 Å². The lowest BCUT2D eigenvalue weighted by molar-refractivity contribution is 0.109. The van der Waals surface area contributed by atoms with E-state index in [4.69, 9.17) is 9.72 Å². The van der Waals surface area contributed by atoms with Gasteiger partial charge in [-0.25, -0.2) is 4.98 Å². The third kappa shape index (κ3) is 2.29. The van der Waals surface area contributed by atoms with E-state index >= 15 is 0 Å². The first-order chi connectivity index (χ1) is 9.70. The Morgan fingerprint density at radius 3 is 2.90 bits per heavy atom. The van der Waals surface area contributed by atoms with Crippen molar-refractivity contribution >= 4 is 5.65 Å². The largest absolute Gasteiger partial charge is 0.482 e. The predicted octanol–water partition coefficient (Wildman–Crippen LogP) is 3.28. The Morgan fingerprint density at radius 2 is 2.15 bits per heavy atom. The van der Waals surface area contributed by atoms with Crippen LogP contribution >= 0.6 is 0 Å². The topological polar surface area (TPSA) is 29.8 Å². The third-order valence-electron chi connectivity index (χ3n) is 4.23. The smallest absolute Gasteiger partial charge is 0.198 e. The van der Waals surface area contributed by atoms with Gasteiger partial charge in [-0.1, -0.05) is 12.5 Å². The quantitative estimate of drug-likeness (QED) is 0.859. The van der Waals surface area contributed by atoms with E-state index < -0.39 is 0 Å². The normalized spacial score (nSPS) is 20.7. The number of methoxy groups -OCH3 is 1. The second kappa shape index (κ2) is 5.44. The van der Waals surface area contributed by atoms with E-state index in [1.165, 1.54) is 31.5 Å². The molecule has 0 N–H and O–H groups in total. The van der Waals surface area contributed by atoms with E-state index in [0.717, 1.165) is 11.5 Å². The Labute approximate surface area is 120 Å². The molecule has 1 fully saturated rings. The lowest BCUT2D eigenvalue weighted by atomic mass is 9.98. The van der Waals surface area contributed by atoms with E-state index in [1.807, 2.05) is 22.6 Å². The summed E-state index contributed by atoms with van der Waals surface area (Å²) in [7, 11) is 1.70. The molecule has 3 heterocycles. The molecule has 108 valence electrons. The van der Waals surface area contributed by atoms with Crippen LogP contribution in [0.3, 0.4) is 0 Å². The molecule has 1 saturated heterocycles. The highest BCUT2D eigenvalue weighted by Crippen LogP contribution is 2.32. The van der Waals surface area contributed by atoms with Crippen LogP contribution in [-0.4, -0.2) is 34.0 Å². The summed E-state index contributed by atoms with van der Waals surface area (Å²) in [5.41, 5.74) is 2.14. The third-order valence-corrected chi connectivity index (χ3v) is 4.23. The molecule has 2 aromatic heterocycles. The van der Waals surface area contributed by atoms with Gasteiger partial charge in [0.2, 0.25) is 0 Å². The maximum absolute atomic E-state index is 5.41. The van der Waals surface area contributed by atoms with Crippen molar-refractivity contribution in [1.82, 2.24) is 14.3 Å². The lowest BCUT2D eigenvalue weighted by Crippen LogP contribution is -2.38. The standard InChI is InChI=1S/C16H23N3O/c1-12(2)18-10-5-4-7-14(18)13-11-19-15(17-13)8-6-9-16(19)20-3/h6,8-9,11-12,14H,4-5,7,10H2,1-3H3. The molecule has 1 atom stereocenters. The number of hydrogen-bond donors (Lipinski definition) is 0. The first kappa shape index (κ1) is 13.4. The van der Waals surface area contributed by atoms with E-state index in [9.17, 15) is 0 Å². The minimum absolute atomic E-state index is 0.438. The van der Waals surface area contributed by atoms with Gasteiger partial charge in [-0.3, -0.25) is 9.30 Å². The van der Waals surface area contributed by atoms with Crippen LogP contribution in [0.1, 0.15) is 44.8 Å². The summed E-state index contributed by atoms with van der Waals surface area (Å²) in [5.74, 6) is 0.841. The molecule has 4 heteroatoms. The van der Waals surface area contributed by atoms with Crippen LogP contribution in [-0.2, 0) is 0 Å². The van der Waals surface area contributed by atoms with Crippen LogP contribution in [0.15, 0.2) is 24.4 Å². The van der Waals surface area contributed by atoms with Gasteiger partial charge in [0.15, 0.2) is 5.88 Å². The van der Waals surface area contributed by atoms with Crippen molar-refractivity contribution in [3.63, 3.8) is 0 Å². The van der Waals surface area contributed by atoms with Crippen molar-refractivity contribution in [2.75, 3.05) is 13.7 Å². The molecule has 0 aliphatic carbocycles. The highest BCUT2D eigenvalue weighted by Gasteiger charge is 2.27. The van der Waals surface area contributed by atoms with Gasteiger partial charge in [0, 0.05) is 12.2 Å². The molecule has 0 amide bonds. The summed E-state index contributed by atoms with van der Waals surface area (Å²) >= 11 is 0.